The molecule has 0 unspecified atom stereocenters. The Hall–Kier alpha value is -1.08. The van der Waals surface area contributed by atoms with E-state index in [9.17, 15) is 0 Å². The molecule has 0 bridgehead atoms. The van der Waals surface area contributed by atoms with Crippen molar-refractivity contribution in [2.75, 3.05) is 0 Å². The summed E-state index contributed by atoms with van der Waals surface area (Å²) < 4.78 is 0. The first-order valence-electron chi connectivity index (χ1n) is 3.25. The average Bonchev–Trinajstić information content (AvgIpc) is 2.04. The van der Waals surface area contributed by atoms with Gasteiger partial charge in [0.15, 0.2) is 0 Å². The summed E-state index contributed by atoms with van der Waals surface area (Å²) >= 11 is 5.68. The van der Waals surface area contributed by atoms with Crippen LogP contribution in [-0.2, 0) is 0 Å². The lowest BCUT2D eigenvalue weighted by Crippen LogP contribution is -1.69. The van der Waals surface area contributed by atoms with Crippen LogP contribution in [0.1, 0.15) is 5.56 Å². The maximum atomic E-state index is 6.76. The van der Waals surface area contributed by atoms with E-state index in [-0.39, 0.29) is 0 Å². The monoisotopic (exact) mass is 165 g/mol. The largest absolute Gasteiger partial charge is 0.309 e. The van der Waals surface area contributed by atoms with Crippen molar-refractivity contribution in [3.05, 3.63) is 40.9 Å². The minimum atomic E-state index is 0.733. The number of benzene rings is 1. The van der Waals surface area contributed by atoms with Gasteiger partial charge in [-0.05, 0) is 23.8 Å². The van der Waals surface area contributed by atoms with Gasteiger partial charge in [0.2, 0.25) is 0 Å². The Labute approximate surface area is 70.8 Å². The molecule has 0 heterocycles. The molecule has 11 heavy (non-hydrogen) atoms. The highest BCUT2D eigenvalue weighted by molar-refractivity contribution is 6.30. The lowest BCUT2D eigenvalue weighted by Gasteiger charge is -1.90. The predicted octanol–water partition coefficient (Wildman–Crippen LogP) is 3.00. The molecule has 0 aliphatic carbocycles. The van der Waals surface area contributed by atoms with Crippen LogP contribution in [0.4, 0.5) is 0 Å². The molecule has 0 spiro atoms. The van der Waals surface area contributed by atoms with Gasteiger partial charge in [-0.3, -0.25) is 0 Å². The van der Waals surface area contributed by atoms with Crippen molar-refractivity contribution in [2.45, 2.75) is 0 Å². The van der Waals surface area contributed by atoms with Crippen LogP contribution in [0.2, 0.25) is 5.02 Å². The van der Waals surface area contributed by atoms with Crippen LogP contribution < -0.4 is 0 Å². The molecular weight excluding hydrogens is 158 g/mol. The smallest absolute Gasteiger partial charge is 0.0406 e. The molecule has 56 valence electrons. The standard InChI is InChI=1S/C9H8ClN/c10-9-5-3-8(4-6-9)2-1-7-11/h1-7,11H. The van der Waals surface area contributed by atoms with Crippen LogP contribution in [0.15, 0.2) is 30.3 Å². The summed E-state index contributed by atoms with van der Waals surface area (Å²) in [5.74, 6) is 0. The van der Waals surface area contributed by atoms with Gasteiger partial charge in [0.1, 0.15) is 0 Å². The van der Waals surface area contributed by atoms with Crippen molar-refractivity contribution in [3.63, 3.8) is 0 Å². The second-order valence-corrected chi connectivity index (χ2v) is 2.51. The van der Waals surface area contributed by atoms with E-state index in [2.05, 4.69) is 0 Å². The molecule has 1 rings (SSSR count). The van der Waals surface area contributed by atoms with Crippen molar-refractivity contribution in [2.24, 2.45) is 0 Å². The lowest BCUT2D eigenvalue weighted by molar-refractivity contribution is 1.58. The maximum absolute atomic E-state index is 6.76. The van der Waals surface area contributed by atoms with E-state index in [0.717, 1.165) is 10.6 Å². The highest BCUT2D eigenvalue weighted by Gasteiger charge is 1.85. The summed E-state index contributed by atoms with van der Waals surface area (Å²) in [6, 6.07) is 7.46. The van der Waals surface area contributed by atoms with Gasteiger partial charge < -0.3 is 5.41 Å². The van der Waals surface area contributed by atoms with E-state index >= 15 is 0 Å². The van der Waals surface area contributed by atoms with E-state index in [1.165, 1.54) is 6.21 Å². The molecule has 1 N–H and O–H groups in total. The molecule has 0 amide bonds. The molecule has 1 aromatic rings. The fourth-order valence-corrected chi connectivity index (χ4v) is 0.859. The first-order chi connectivity index (χ1) is 5.33. The van der Waals surface area contributed by atoms with E-state index in [1.807, 2.05) is 30.3 Å². The number of hydrogen-bond donors (Lipinski definition) is 1. The van der Waals surface area contributed by atoms with Crippen LogP contribution in [-0.4, -0.2) is 6.21 Å². The van der Waals surface area contributed by atoms with Crippen LogP contribution in [0.3, 0.4) is 0 Å². The van der Waals surface area contributed by atoms with Crippen LogP contribution in [0.5, 0.6) is 0 Å². The number of hydrogen-bond acceptors (Lipinski definition) is 1. The maximum Gasteiger partial charge on any atom is 0.0406 e. The Morgan fingerprint density at radius 2 is 1.82 bits per heavy atom. The molecule has 0 aliphatic rings. The Balaban J connectivity index is 2.81. The van der Waals surface area contributed by atoms with Gasteiger partial charge >= 0.3 is 0 Å². The van der Waals surface area contributed by atoms with Gasteiger partial charge in [-0.1, -0.05) is 29.8 Å². The minimum Gasteiger partial charge on any atom is -0.309 e. The first kappa shape index (κ1) is 8.02. The van der Waals surface area contributed by atoms with Crippen molar-refractivity contribution in [3.8, 4) is 0 Å². The summed E-state index contributed by atoms with van der Waals surface area (Å²) in [6.45, 7) is 0. The SMILES string of the molecule is N=CC=Cc1ccc(Cl)cc1. The molecule has 0 radical (unpaired) electrons. The van der Waals surface area contributed by atoms with Gasteiger partial charge in [-0.25, -0.2) is 0 Å². The number of rotatable bonds is 2. The van der Waals surface area contributed by atoms with Gasteiger partial charge in [0.05, 0.1) is 0 Å². The Bertz CT molecular complexity index is 261. The molecule has 0 saturated heterocycles. The topological polar surface area (TPSA) is 23.9 Å². The Kier molecular flexibility index (Phi) is 2.87. The zero-order valence-corrected chi connectivity index (χ0v) is 6.68. The summed E-state index contributed by atoms with van der Waals surface area (Å²) in [6.07, 6.45) is 4.77. The third kappa shape index (κ3) is 2.56. The molecule has 1 nitrogen and oxygen atoms in total. The number of allylic oxidation sites excluding steroid dienone is 1. The van der Waals surface area contributed by atoms with E-state index in [1.54, 1.807) is 6.08 Å². The third-order valence-corrected chi connectivity index (χ3v) is 1.51. The molecule has 0 fully saturated rings. The fraction of sp³-hybridized carbons (Fsp3) is 0. The van der Waals surface area contributed by atoms with Crippen molar-refractivity contribution in [1.82, 2.24) is 0 Å². The van der Waals surface area contributed by atoms with Gasteiger partial charge in [0, 0.05) is 11.2 Å². The number of nitrogens with one attached hydrogen (secondary N) is 1. The molecule has 2 heteroatoms. The summed E-state index contributed by atoms with van der Waals surface area (Å²) in [5.41, 5.74) is 1.05. The summed E-state index contributed by atoms with van der Waals surface area (Å²) in [5, 5.41) is 7.49. The van der Waals surface area contributed by atoms with Gasteiger partial charge in [-0.2, -0.15) is 0 Å². The van der Waals surface area contributed by atoms with Crippen LogP contribution in [0, 0.1) is 5.41 Å². The summed E-state index contributed by atoms with van der Waals surface area (Å²) in [4.78, 5) is 0. The third-order valence-electron chi connectivity index (χ3n) is 1.25. The van der Waals surface area contributed by atoms with Crippen LogP contribution >= 0.6 is 11.6 Å². The van der Waals surface area contributed by atoms with E-state index in [4.69, 9.17) is 17.0 Å². The van der Waals surface area contributed by atoms with Crippen LogP contribution in [0.25, 0.3) is 6.08 Å². The fourth-order valence-electron chi connectivity index (χ4n) is 0.733. The van der Waals surface area contributed by atoms with Gasteiger partial charge in [-0.15, -0.1) is 0 Å². The molecule has 0 saturated carbocycles. The van der Waals surface area contributed by atoms with Crippen molar-refractivity contribution < 1.29 is 0 Å². The zero-order chi connectivity index (χ0) is 8.10. The average molecular weight is 166 g/mol. The Morgan fingerprint density at radius 1 is 1.18 bits per heavy atom. The normalized spacial score (nSPS) is 10.3. The lowest BCUT2D eigenvalue weighted by atomic mass is 10.2. The molecule has 0 atom stereocenters. The number of halogens is 1. The van der Waals surface area contributed by atoms with E-state index in [0.29, 0.717) is 0 Å². The second-order valence-electron chi connectivity index (χ2n) is 2.08. The minimum absolute atomic E-state index is 0.733. The Morgan fingerprint density at radius 3 is 2.36 bits per heavy atom. The van der Waals surface area contributed by atoms with E-state index < -0.39 is 0 Å². The molecule has 0 aliphatic heterocycles. The molecule has 0 aromatic heterocycles. The molecular formula is C9H8ClN. The summed E-state index contributed by atoms with van der Waals surface area (Å²) in [7, 11) is 0. The predicted molar refractivity (Wildman–Crippen MR) is 49.3 cm³/mol. The van der Waals surface area contributed by atoms with Crippen molar-refractivity contribution in [1.29, 1.82) is 5.41 Å². The zero-order valence-electron chi connectivity index (χ0n) is 5.92. The first-order valence-corrected chi connectivity index (χ1v) is 3.63. The highest BCUT2D eigenvalue weighted by atomic mass is 35.5. The van der Waals surface area contributed by atoms with Crippen molar-refractivity contribution >= 4 is 23.9 Å². The van der Waals surface area contributed by atoms with Gasteiger partial charge in [0.25, 0.3) is 0 Å². The molecule has 1 aromatic carbocycles. The quantitative estimate of drug-likeness (QED) is 0.652. The highest BCUT2D eigenvalue weighted by Crippen LogP contribution is 2.09. The second kappa shape index (κ2) is 3.94.